The lowest BCUT2D eigenvalue weighted by atomic mass is 10.2. The largest absolute Gasteiger partial charge is 0.405 e. The van der Waals surface area contributed by atoms with Gasteiger partial charge in [-0.3, -0.25) is 4.79 Å². The minimum atomic E-state index is -4.37. The highest BCUT2D eigenvalue weighted by molar-refractivity contribution is 7.07. The number of carbonyl (C=O) groups excluding carboxylic acids is 1. The molecule has 1 unspecified atom stereocenters. The number of carbonyl (C=O) groups is 1. The summed E-state index contributed by atoms with van der Waals surface area (Å²) in [6.45, 7) is 0.693. The zero-order valence-electron chi connectivity index (χ0n) is 9.17. The van der Waals surface area contributed by atoms with E-state index in [9.17, 15) is 18.0 Å². The molecule has 96 valence electrons. The molecule has 1 aromatic rings. The van der Waals surface area contributed by atoms with Crippen LogP contribution in [0.15, 0.2) is 16.8 Å². The predicted octanol–water partition coefficient (Wildman–Crippen LogP) is 1.90. The highest BCUT2D eigenvalue weighted by atomic mass is 32.1. The van der Waals surface area contributed by atoms with Crippen molar-refractivity contribution in [1.82, 2.24) is 10.6 Å². The molecule has 3 nitrogen and oxygen atoms in total. The Morgan fingerprint density at radius 1 is 1.53 bits per heavy atom. The van der Waals surface area contributed by atoms with E-state index < -0.39 is 24.7 Å². The quantitative estimate of drug-likeness (QED) is 0.854. The van der Waals surface area contributed by atoms with Gasteiger partial charge in [-0.15, -0.1) is 0 Å². The van der Waals surface area contributed by atoms with Crippen molar-refractivity contribution in [1.29, 1.82) is 0 Å². The molecule has 7 heteroatoms. The molecule has 0 saturated heterocycles. The van der Waals surface area contributed by atoms with Gasteiger partial charge in [0.15, 0.2) is 0 Å². The number of hydrogen-bond donors (Lipinski definition) is 2. The Balaban J connectivity index is 2.27. The molecule has 1 amide bonds. The van der Waals surface area contributed by atoms with Gasteiger partial charge in [-0.05, 0) is 29.3 Å². The summed E-state index contributed by atoms with van der Waals surface area (Å²) in [5, 5.41) is 8.48. The predicted molar refractivity (Wildman–Crippen MR) is 59.7 cm³/mol. The van der Waals surface area contributed by atoms with Crippen molar-refractivity contribution in [2.75, 3.05) is 6.54 Å². The summed E-state index contributed by atoms with van der Waals surface area (Å²) in [5.74, 6) is -0.655. The lowest BCUT2D eigenvalue weighted by molar-refractivity contribution is -0.139. The summed E-state index contributed by atoms with van der Waals surface area (Å²) in [4.78, 5) is 11.3. The lowest BCUT2D eigenvalue weighted by Crippen LogP contribution is -2.44. The molecule has 1 heterocycles. The maximum absolute atomic E-state index is 11.9. The Kier molecular flexibility index (Phi) is 4.95. The smallest absolute Gasteiger partial charge is 0.346 e. The number of amides is 1. The van der Waals surface area contributed by atoms with Gasteiger partial charge in [-0.1, -0.05) is 0 Å². The highest BCUT2D eigenvalue weighted by Gasteiger charge is 2.28. The number of alkyl halides is 3. The molecule has 0 radical (unpaired) electrons. The molecule has 0 fully saturated rings. The third kappa shape index (κ3) is 5.69. The second-order valence-corrected chi connectivity index (χ2v) is 4.35. The minimum absolute atomic E-state index is 0.462. The Morgan fingerprint density at radius 2 is 2.24 bits per heavy atom. The first-order valence-electron chi connectivity index (χ1n) is 4.97. The molecule has 0 aliphatic rings. The van der Waals surface area contributed by atoms with E-state index >= 15 is 0 Å². The van der Waals surface area contributed by atoms with Crippen molar-refractivity contribution in [2.24, 2.45) is 0 Å². The molecule has 0 aliphatic carbocycles. The SMILES string of the molecule is CC(NCc1ccsc1)C(=O)NCC(F)(F)F. The van der Waals surface area contributed by atoms with Crippen LogP contribution in [0.3, 0.4) is 0 Å². The van der Waals surface area contributed by atoms with Crippen molar-refractivity contribution < 1.29 is 18.0 Å². The Labute approximate surface area is 101 Å². The van der Waals surface area contributed by atoms with Crippen molar-refractivity contribution in [2.45, 2.75) is 25.7 Å². The molecule has 2 N–H and O–H groups in total. The average Bonchev–Trinajstić information content (AvgIpc) is 2.74. The van der Waals surface area contributed by atoms with E-state index in [-0.39, 0.29) is 0 Å². The van der Waals surface area contributed by atoms with E-state index in [0.717, 1.165) is 5.56 Å². The monoisotopic (exact) mass is 266 g/mol. The number of hydrogen-bond acceptors (Lipinski definition) is 3. The van der Waals surface area contributed by atoms with E-state index in [2.05, 4.69) is 5.32 Å². The van der Waals surface area contributed by atoms with Crippen molar-refractivity contribution in [3.8, 4) is 0 Å². The molecule has 0 aliphatic heterocycles. The molecule has 0 spiro atoms. The van der Waals surface area contributed by atoms with Crippen LogP contribution in [0.4, 0.5) is 13.2 Å². The maximum Gasteiger partial charge on any atom is 0.405 e. The zero-order valence-corrected chi connectivity index (χ0v) is 9.99. The number of halogens is 3. The number of nitrogens with one attached hydrogen (secondary N) is 2. The van der Waals surface area contributed by atoms with Gasteiger partial charge in [0.05, 0.1) is 6.04 Å². The molecule has 0 saturated carbocycles. The maximum atomic E-state index is 11.9. The Morgan fingerprint density at radius 3 is 2.76 bits per heavy atom. The summed E-state index contributed by atoms with van der Waals surface area (Å²) in [6.07, 6.45) is -4.37. The van der Waals surface area contributed by atoms with Crippen LogP contribution in [0.2, 0.25) is 0 Å². The first kappa shape index (κ1) is 14.0. The van der Waals surface area contributed by atoms with Gasteiger partial charge in [0, 0.05) is 6.54 Å². The molecule has 1 aromatic heterocycles. The molecule has 0 bridgehead atoms. The summed E-state index contributed by atoms with van der Waals surface area (Å²) < 4.78 is 35.6. The number of rotatable bonds is 5. The van der Waals surface area contributed by atoms with Crippen LogP contribution in [0.5, 0.6) is 0 Å². The van der Waals surface area contributed by atoms with Crippen LogP contribution < -0.4 is 10.6 Å². The van der Waals surface area contributed by atoms with Gasteiger partial charge < -0.3 is 10.6 Å². The van der Waals surface area contributed by atoms with E-state index in [1.807, 2.05) is 22.1 Å². The van der Waals surface area contributed by atoms with Gasteiger partial charge in [-0.25, -0.2) is 0 Å². The first-order chi connectivity index (χ1) is 7.88. The van der Waals surface area contributed by atoms with Crippen LogP contribution in [0.25, 0.3) is 0 Å². The fourth-order valence-electron chi connectivity index (χ4n) is 1.10. The minimum Gasteiger partial charge on any atom is -0.346 e. The van der Waals surface area contributed by atoms with Crippen LogP contribution in [0, 0.1) is 0 Å². The Hall–Kier alpha value is -1.08. The molecule has 17 heavy (non-hydrogen) atoms. The third-order valence-corrected chi connectivity index (χ3v) is 2.78. The molecular weight excluding hydrogens is 253 g/mol. The fourth-order valence-corrected chi connectivity index (χ4v) is 1.77. The molecule has 1 atom stereocenters. The van der Waals surface area contributed by atoms with E-state index in [4.69, 9.17) is 0 Å². The summed E-state index contributed by atoms with van der Waals surface area (Å²) in [7, 11) is 0. The summed E-state index contributed by atoms with van der Waals surface area (Å²) >= 11 is 1.52. The van der Waals surface area contributed by atoms with E-state index in [1.165, 1.54) is 18.3 Å². The van der Waals surface area contributed by atoms with Crippen molar-refractivity contribution in [3.63, 3.8) is 0 Å². The average molecular weight is 266 g/mol. The Bertz CT molecular complexity index is 351. The van der Waals surface area contributed by atoms with Crippen LogP contribution in [0.1, 0.15) is 12.5 Å². The normalized spacial score (nSPS) is 13.4. The second kappa shape index (κ2) is 6.02. The standard InChI is InChI=1S/C10H13F3N2OS/c1-7(9(16)15-6-10(11,12)13)14-4-8-2-3-17-5-8/h2-3,5,7,14H,4,6H2,1H3,(H,15,16). The van der Waals surface area contributed by atoms with Crippen LogP contribution >= 0.6 is 11.3 Å². The van der Waals surface area contributed by atoms with Gasteiger partial charge in [-0.2, -0.15) is 24.5 Å². The molecule has 1 rings (SSSR count). The second-order valence-electron chi connectivity index (χ2n) is 3.57. The third-order valence-electron chi connectivity index (χ3n) is 2.05. The van der Waals surface area contributed by atoms with Gasteiger partial charge in [0.1, 0.15) is 6.54 Å². The van der Waals surface area contributed by atoms with Gasteiger partial charge in [0.2, 0.25) is 5.91 Å². The van der Waals surface area contributed by atoms with E-state index in [1.54, 1.807) is 0 Å². The fraction of sp³-hybridized carbons (Fsp3) is 0.500. The lowest BCUT2D eigenvalue weighted by Gasteiger charge is -2.14. The van der Waals surface area contributed by atoms with Crippen molar-refractivity contribution >= 4 is 17.2 Å². The number of thiophene rings is 1. The zero-order chi connectivity index (χ0) is 12.9. The topological polar surface area (TPSA) is 41.1 Å². The summed E-state index contributed by atoms with van der Waals surface area (Å²) in [6, 6.07) is 1.23. The van der Waals surface area contributed by atoms with Crippen LogP contribution in [-0.4, -0.2) is 24.7 Å². The van der Waals surface area contributed by atoms with Gasteiger partial charge in [0.25, 0.3) is 0 Å². The van der Waals surface area contributed by atoms with Crippen LogP contribution in [-0.2, 0) is 11.3 Å². The van der Waals surface area contributed by atoms with E-state index in [0.29, 0.717) is 6.54 Å². The molecule has 0 aromatic carbocycles. The summed E-state index contributed by atoms with van der Waals surface area (Å²) in [5.41, 5.74) is 1.01. The van der Waals surface area contributed by atoms with Gasteiger partial charge >= 0.3 is 6.18 Å². The first-order valence-corrected chi connectivity index (χ1v) is 5.91. The molecular formula is C10H13F3N2OS. The van der Waals surface area contributed by atoms with Crippen molar-refractivity contribution in [3.05, 3.63) is 22.4 Å². The highest BCUT2D eigenvalue weighted by Crippen LogP contribution is 2.12.